The molecule has 0 aliphatic heterocycles. The van der Waals surface area contributed by atoms with Crippen molar-refractivity contribution in [1.82, 2.24) is 19.6 Å². The van der Waals surface area contributed by atoms with Crippen LogP contribution in [-0.4, -0.2) is 33.9 Å². The Kier molecular flexibility index (Phi) is 4.64. The highest BCUT2D eigenvalue weighted by Crippen LogP contribution is 2.29. The van der Waals surface area contributed by atoms with Gasteiger partial charge in [0.25, 0.3) is 10.9 Å². The van der Waals surface area contributed by atoms with Gasteiger partial charge in [-0.3, -0.25) is 4.79 Å². The number of rotatable bonds is 4. The maximum absolute atomic E-state index is 14.3. The fourth-order valence-electron chi connectivity index (χ4n) is 2.30. The smallest absolute Gasteiger partial charge is 0.273 e. The second-order valence-corrected chi connectivity index (χ2v) is 7.72. The molecule has 0 radical (unpaired) electrons. The fraction of sp³-hybridized carbons (Fsp3) is 0.250. The summed E-state index contributed by atoms with van der Waals surface area (Å²) in [5.41, 5.74) is -0.437. The van der Waals surface area contributed by atoms with Crippen LogP contribution >= 0.6 is 0 Å². The van der Waals surface area contributed by atoms with Crippen molar-refractivity contribution in [2.75, 3.05) is 4.31 Å². The lowest BCUT2D eigenvalue weighted by Gasteiger charge is -2.23. The SMILES string of the molecule is Cc1ccn2nc(S(=O)(=O)N(C(=O)C(C)C)c3c(F)cccc3F)nc2n1. The summed E-state index contributed by atoms with van der Waals surface area (Å²) in [5.74, 6) is -4.33. The average molecular weight is 395 g/mol. The number of para-hydroxylation sites is 1. The predicted octanol–water partition coefficient (Wildman–Crippen LogP) is 2.09. The Morgan fingerprint density at radius 3 is 2.37 bits per heavy atom. The van der Waals surface area contributed by atoms with E-state index in [2.05, 4.69) is 15.1 Å². The monoisotopic (exact) mass is 395 g/mol. The molecule has 3 aromatic rings. The number of anilines is 1. The van der Waals surface area contributed by atoms with Crippen LogP contribution in [0.4, 0.5) is 14.5 Å². The van der Waals surface area contributed by atoms with Crippen molar-refractivity contribution >= 4 is 27.4 Å². The van der Waals surface area contributed by atoms with E-state index in [9.17, 15) is 22.0 Å². The molecule has 0 bridgehead atoms. The Bertz CT molecular complexity index is 1120. The summed E-state index contributed by atoms with van der Waals surface area (Å²) in [7, 11) is -4.80. The molecule has 0 aliphatic carbocycles. The van der Waals surface area contributed by atoms with E-state index in [0.29, 0.717) is 5.69 Å². The van der Waals surface area contributed by atoms with Crippen LogP contribution in [0.25, 0.3) is 5.78 Å². The summed E-state index contributed by atoms with van der Waals surface area (Å²) in [6, 6.07) is 4.35. The molecule has 0 saturated carbocycles. The standard InChI is InChI=1S/C16H15F2N5O3S/c1-9(2)14(24)23(13-11(17)5-4-6-12(13)18)27(25,26)16-20-15-19-10(3)7-8-22(15)21-16/h4-9H,1-3H3. The van der Waals surface area contributed by atoms with E-state index < -0.39 is 44.3 Å². The number of carbonyl (C=O) groups excluding carboxylic acids is 1. The lowest BCUT2D eigenvalue weighted by Crippen LogP contribution is -2.41. The van der Waals surface area contributed by atoms with Crippen LogP contribution < -0.4 is 4.31 Å². The number of aromatic nitrogens is 4. The number of fused-ring (bicyclic) bond motifs is 1. The van der Waals surface area contributed by atoms with Gasteiger partial charge in [0.15, 0.2) is 11.6 Å². The number of sulfonamides is 1. The molecular formula is C16H15F2N5O3S. The van der Waals surface area contributed by atoms with Gasteiger partial charge >= 0.3 is 10.0 Å². The quantitative estimate of drug-likeness (QED) is 0.671. The van der Waals surface area contributed by atoms with Crippen LogP contribution in [0.2, 0.25) is 0 Å². The maximum Gasteiger partial charge on any atom is 0.308 e. The minimum atomic E-state index is -4.80. The summed E-state index contributed by atoms with van der Waals surface area (Å²) in [6.07, 6.45) is 1.43. The van der Waals surface area contributed by atoms with Crippen LogP contribution in [0.15, 0.2) is 35.6 Å². The third kappa shape index (κ3) is 3.25. The molecule has 27 heavy (non-hydrogen) atoms. The van der Waals surface area contributed by atoms with Crippen molar-refractivity contribution in [1.29, 1.82) is 0 Å². The van der Waals surface area contributed by atoms with Gasteiger partial charge in [-0.05, 0) is 25.1 Å². The Labute approximate surface area is 153 Å². The van der Waals surface area contributed by atoms with E-state index >= 15 is 0 Å². The van der Waals surface area contributed by atoms with Crippen LogP contribution in [0.1, 0.15) is 19.5 Å². The largest absolute Gasteiger partial charge is 0.308 e. The topological polar surface area (TPSA) is 97.5 Å². The Morgan fingerprint density at radius 2 is 1.78 bits per heavy atom. The number of nitrogens with zero attached hydrogens (tertiary/aromatic N) is 5. The van der Waals surface area contributed by atoms with Gasteiger partial charge in [-0.1, -0.05) is 19.9 Å². The van der Waals surface area contributed by atoms with Crippen LogP contribution in [0.3, 0.4) is 0 Å². The number of hydrogen-bond acceptors (Lipinski definition) is 6. The molecule has 8 nitrogen and oxygen atoms in total. The van der Waals surface area contributed by atoms with Crippen LogP contribution in [-0.2, 0) is 14.8 Å². The summed E-state index contributed by atoms with van der Waals surface area (Å²) in [6.45, 7) is 4.49. The zero-order chi connectivity index (χ0) is 19.9. The number of halogens is 2. The molecule has 11 heteroatoms. The fourth-order valence-corrected chi connectivity index (χ4v) is 3.72. The first-order valence-electron chi connectivity index (χ1n) is 7.86. The van der Waals surface area contributed by atoms with E-state index in [4.69, 9.17) is 0 Å². The third-order valence-corrected chi connectivity index (χ3v) is 5.11. The minimum absolute atomic E-state index is 0.0282. The molecule has 2 aromatic heterocycles. The number of aryl methyl sites for hydroxylation is 1. The zero-order valence-electron chi connectivity index (χ0n) is 14.6. The van der Waals surface area contributed by atoms with Gasteiger partial charge in [-0.25, -0.2) is 18.3 Å². The second kappa shape index (κ2) is 6.65. The molecule has 0 fully saturated rings. The second-order valence-electron chi connectivity index (χ2n) is 6.04. The van der Waals surface area contributed by atoms with Gasteiger partial charge in [-0.2, -0.15) is 17.7 Å². The number of amides is 1. The molecule has 1 amide bonds. The van der Waals surface area contributed by atoms with Gasteiger partial charge < -0.3 is 0 Å². The molecule has 0 aliphatic rings. The molecule has 0 unspecified atom stereocenters. The lowest BCUT2D eigenvalue weighted by molar-refractivity contribution is -0.120. The van der Waals surface area contributed by atoms with Crippen LogP contribution in [0.5, 0.6) is 0 Å². The van der Waals surface area contributed by atoms with Gasteiger partial charge in [-0.15, -0.1) is 5.10 Å². The Hall–Kier alpha value is -2.95. The highest BCUT2D eigenvalue weighted by Gasteiger charge is 2.39. The lowest BCUT2D eigenvalue weighted by atomic mass is 10.2. The van der Waals surface area contributed by atoms with Gasteiger partial charge in [0.1, 0.15) is 5.69 Å². The van der Waals surface area contributed by atoms with E-state index in [1.54, 1.807) is 13.0 Å². The highest BCUT2D eigenvalue weighted by molar-refractivity contribution is 7.93. The third-order valence-electron chi connectivity index (χ3n) is 3.63. The summed E-state index contributed by atoms with van der Waals surface area (Å²) in [5, 5.41) is 3.00. The molecule has 2 heterocycles. The van der Waals surface area contributed by atoms with Crippen molar-refractivity contribution in [2.24, 2.45) is 5.92 Å². The van der Waals surface area contributed by atoms with Crippen molar-refractivity contribution in [2.45, 2.75) is 25.9 Å². The molecule has 1 aromatic carbocycles. The van der Waals surface area contributed by atoms with Crippen molar-refractivity contribution in [3.63, 3.8) is 0 Å². The average Bonchev–Trinajstić information content (AvgIpc) is 3.01. The van der Waals surface area contributed by atoms with E-state index in [0.717, 1.165) is 22.7 Å². The molecule has 142 valence electrons. The van der Waals surface area contributed by atoms with Gasteiger partial charge in [0.2, 0.25) is 5.91 Å². The van der Waals surface area contributed by atoms with Crippen molar-refractivity contribution in [3.8, 4) is 0 Å². The molecule has 0 atom stereocenters. The van der Waals surface area contributed by atoms with Crippen molar-refractivity contribution in [3.05, 3.63) is 47.8 Å². The highest BCUT2D eigenvalue weighted by atomic mass is 32.2. The normalized spacial score (nSPS) is 11.9. The van der Waals surface area contributed by atoms with E-state index in [1.165, 1.54) is 20.0 Å². The number of benzene rings is 1. The van der Waals surface area contributed by atoms with Gasteiger partial charge in [0.05, 0.1) is 0 Å². The number of carbonyl (C=O) groups is 1. The predicted molar refractivity (Wildman–Crippen MR) is 91.4 cm³/mol. The zero-order valence-corrected chi connectivity index (χ0v) is 15.4. The summed E-state index contributed by atoms with van der Waals surface area (Å²) < 4.78 is 55.8. The van der Waals surface area contributed by atoms with Crippen LogP contribution in [0, 0.1) is 24.5 Å². The molecule has 0 spiro atoms. The van der Waals surface area contributed by atoms with E-state index in [-0.39, 0.29) is 10.1 Å². The number of hydrogen-bond donors (Lipinski definition) is 0. The molecule has 3 rings (SSSR count). The van der Waals surface area contributed by atoms with Crippen molar-refractivity contribution < 1.29 is 22.0 Å². The van der Waals surface area contributed by atoms with E-state index in [1.807, 2.05) is 0 Å². The first kappa shape index (κ1) is 18.8. The molecular weight excluding hydrogens is 380 g/mol. The Balaban J connectivity index is 2.25. The Morgan fingerprint density at radius 1 is 1.15 bits per heavy atom. The summed E-state index contributed by atoms with van der Waals surface area (Å²) in [4.78, 5) is 20.4. The molecule has 0 saturated heterocycles. The first-order chi connectivity index (χ1) is 12.6. The first-order valence-corrected chi connectivity index (χ1v) is 9.30. The minimum Gasteiger partial charge on any atom is -0.273 e. The maximum atomic E-state index is 14.3. The van der Waals surface area contributed by atoms with Gasteiger partial charge in [0, 0.05) is 17.8 Å². The summed E-state index contributed by atoms with van der Waals surface area (Å²) >= 11 is 0. The molecule has 0 N–H and O–H groups in total.